The molecule has 6 rings (SSSR count). The molecule has 1 aliphatic carbocycles. The van der Waals surface area contributed by atoms with Crippen LogP contribution in [-0.2, 0) is 14.3 Å². The summed E-state index contributed by atoms with van der Waals surface area (Å²) in [7, 11) is 0. The molecule has 1 saturated carbocycles. The van der Waals surface area contributed by atoms with Crippen molar-refractivity contribution in [2.24, 2.45) is 11.8 Å². The predicted molar refractivity (Wildman–Crippen MR) is 126 cm³/mol. The summed E-state index contributed by atoms with van der Waals surface area (Å²) >= 11 is 0. The fourth-order valence-electron chi connectivity index (χ4n) is 5.20. The van der Waals surface area contributed by atoms with Gasteiger partial charge in [-0.1, -0.05) is 54.6 Å². The number of esters is 2. The summed E-state index contributed by atoms with van der Waals surface area (Å²) < 4.78 is 23.0. The molecule has 0 aromatic heterocycles. The summed E-state index contributed by atoms with van der Waals surface area (Å²) in [6, 6.07) is 20.4. The standard InChI is InChI=1S/C28H24O7/c29-21(28-34-24-12-17-8-4-5-9-18(17)13-25(24)35-28)11-10-19-20-14-26(30)32-23(20)15-22(19)33-27(31)16-6-2-1-3-7-16/h1-13,19-23,28-29H,14-15H2/b11-10+/t19-,20-,21+,22-,23+/m1/s1. The van der Waals surface area contributed by atoms with Crippen molar-refractivity contribution in [1.29, 1.82) is 0 Å². The van der Waals surface area contributed by atoms with Crippen molar-refractivity contribution in [3.8, 4) is 11.5 Å². The lowest BCUT2D eigenvalue weighted by Gasteiger charge is -2.21. The molecule has 1 saturated heterocycles. The van der Waals surface area contributed by atoms with Crippen molar-refractivity contribution >= 4 is 22.7 Å². The molecular formula is C28H24O7. The van der Waals surface area contributed by atoms with Gasteiger partial charge in [-0.2, -0.15) is 0 Å². The molecule has 0 bridgehead atoms. The number of ether oxygens (including phenoxy) is 4. The van der Waals surface area contributed by atoms with Crippen LogP contribution in [0.25, 0.3) is 10.8 Å². The van der Waals surface area contributed by atoms with Gasteiger partial charge in [0.15, 0.2) is 11.5 Å². The molecule has 1 N–H and O–H groups in total. The highest BCUT2D eigenvalue weighted by Crippen LogP contribution is 2.44. The lowest BCUT2D eigenvalue weighted by atomic mass is 9.91. The van der Waals surface area contributed by atoms with E-state index in [0.717, 1.165) is 10.8 Å². The maximum Gasteiger partial charge on any atom is 0.338 e. The first-order chi connectivity index (χ1) is 17.0. The van der Waals surface area contributed by atoms with E-state index in [1.165, 1.54) is 0 Å². The van der Waals surface area contributed by atoms with Gasteiger partial charge in [0.25, 0.3) is 6.29 Å². The first-order valence-electron chi connectivity index (χ1n) is 11.7. The Hall–Kier alpha value is -3.84. The van der Waals surface area contributed by atoms with E-state index in [2.05, 4.69) is 0 Å². The fourth-order valence-corrected chi connectivity index (χ4v) is 5.20. The van der Waals surface area contributed by atoms with Crippen LogP contribution in [0.2, 0.25) is 0 Å². The Kier molecular flexibility index (Phi) is 5.41. The zero-order valence-electron chi connectivity index (χ0n) is 18.8. The Morgan fingerprint density at radius 1 is 0.971 bits per heavy atom. The third kappa shape index (κ3) is 4.12. The van der Waals surface area contributed by atoms with E-state index in [1.807, 2.05) is 42.5 Å². The lowest BCUT2D eigenvalue weighted by molar-refractivity contribution is -0.141. The Morgan fingerprint density at radius 2 is 1.63 bits per heavy atom. The molecule has 7 heteroatoms. The minimum absolute atomic E-state index is 0.118. The molecule has 7 nitrogen and oxygen atoms in total. The zero-order valence-corrected chi connectivity index (χ0v) is 18.8. The number of aliphatic hydroxyl groups is 1. The molecule has 2 aliphatic heterocycles. The first-order valence-corrected chi connectivity index (χ1v) is 11.7. The van der Waals surface area contributed by atoms with E-state index in [4.69, 9.17) is 18.9 Å². The Morgan fingerprint density at radius 3 is 2.31 bits per heavy atom. The largest absolute Gasteiger partial charge is 0.462 e. The second-order valence-electron chi connectivity index (χ2n) is 9.14. The van der Waals surface area contributed by atoms with Crippen LogP contribution < -0.4 is 9.47 Å². The molecule has 5 atom stereocenters. The summed E-state index contributed by atoms with van der Waals surface area (Å²) in [5.41, 5.74) is 0.460. The van der Waals surface area contributed by atoms with Crippen molar-refractivity contribution in [3.63, 3.8) is 0 Å². The van der Waals surface area contributed by atoms with Gasteiger partial charge in [0, 0.05) is 18.3 Å². The van der Waals surface area contributed by atoms with Gasteiger partial charge in [-0.25, -0.2) is 4.79 Å². The van der Waals surface area contributed by atoms with Gasteiger partial charge in [-0.05, 0) is 35.0 Å². The number of hydrogen-bond donors (Lipinski definition) is 1. The van der Waals surface area contributed by atoms with E-state index in [1.54, 1.807) is 36.4 Å². The highest BCUT2D eigenvalue weighted by Gasteiger charge is 2.50. The average Bonchev–Trinajstić information content (AvgIpc) is 3.53. The molecule has 0 amide bonds. The summed E-state index contributed by atoms with van der Waals surface area (Å²) in [4.78, 5) is 24.5. The Bertz CT molecular complexity index is 1260. The fraction of sp³-hybridized carbons (Fsp3) is 0.286. The molecule has 2 heterocycles. The Labute approximate surface area is 201 Å². The van der Waals surface area contributed by atoms with Crippen molar-refractivity contribution < 1.29 is 33.6 Å². The van der Waals surface area contributed by atoms with Crippen LogP contribution in [0.3, 0.4) is 0 Å². The second-order valence-corrected chi connectivity index (χ2v) is 9.14. The normalized spacial score (nSPS) is 26.1. The van der Waals surface area contributed by atoms with Crippen molar-refractivity contribution in [2.75, 3.05) is 0 Å². The summed E-state index contributed by atoms with van der Waals surface area (Å²) in [5.74, 6) is 0.0771. The minimum Gasteiger partial charge on any atom is -0.462 e. The molecule has 3 aliphatic rings. The van der Waals surface area contributed by atoms with Crippen LogP contribution in [0.1, 0.15) is 23.2 Å². The molecule has 3 aromatic rings. The van der Waals surface area contributed by atoms with Gasteiger partial charge in [-0.15, -0.1) is 0 Å². The third-order valence-corrected chi connectivity index (χ3v) is 6.93. The van der Waals surface area contributed by atoms with Gasteiger partial charge in [0.2, 0.25) is 0 Å². The Balaban J connectivity index is 1.18. The molecule has 0 spiro atoms. The van der Waals surface area contributed by atoms with Crippen LogP contribution >= 0.6 is 0 Å². The average molecular weight is 472 g/mol. The van der Waals surface area contributed by atoms with E-state index in [-0.39, 0.29) is 30.3 Å². The summed E-state index contributed by atoms with van der Waals surface area (Å²) in [6.45, 7) is 0. The SMILES string of the molecule is O=C1C[C@@H]2[C@@H](/C=C/[C@H](O)C3Oc4cc5ccccc5cc4O3)[C@H](OC(=O)c3ccccc3)C[C@@H]2O1. The smallest absolute Gasteiger partial charge is 0.338 e. The highest BCUT2D eigenvalue weighted by molar-refractivity contribution is 5.89. The van der Waals surface area contributed by atoms with Gasteiger partial charge >= 0.3 is 11.9 Å². The molecule has 178 valence electrons. The second kappa shape index (κ2) is 8.74. The number of benzene rings is 3. The maximum absolute atomic E-state index is 12.7. The molecule has 3 aromatic carbocycles. The lowest BCUT2D eigenvalue weighted by Crippen LogP contribution is -2.32. The van der Waals surface area contributed by atoms with Crippen LogP contribution in [0, 0.1) is 11.8 Å². The molecule has 0 unspecified atom stereocenters. The molecule has 0 radical (unpaired) electrons. The first kappa shape index (κ1) is 21.7. The summed E-state index contributed by atoms with van der Waals surface area (Å²) in [5, 5.41) is 12.9. The van der Waals surface area contributed by atoms with Crippen LogP contribution in [0.4, 0.5) is 0 Å². The number of aliphatic hydroxyl groups excluding tert-OH is 1. The monoisotopic (exact) mass is 472 g/mol. The van der Waals surface area contributed by atoms with Crippen LogP contribution in [0.5, 0.6) is 11.5 Å². The number of rotatable bonds is 5. The molecular weight excluding hydrogens is 448 g/mol. The van der Waals surface area contributed by atoms with Crippen molar-refractivity contribution in [1.82, 2.24) is 0 Å². The summed E-state index contributed by atoms with van der Waals surface area (Å²) in [6.07, 6.45) is 1.33. The topological polar surface area (TPSA) is 91.3 Å². The van der Waals surface area contributed by atoms with Crippen molar-refractivity contribution in [2.45, 2.75) is 37.4 Å². The highest BCUT2D eigenvalue weighted by atomic mass is 16.7. The minimum atomic E-state index is -1.06. The van der Waals surface area contributed by atoms with E-state index >= 15 is 0 Å². The predicted octanol–water partition coefficient (Wildman–Crippen LogP) is 4.03. The number of carbonyl (C=O) groups excluding carboxylic acids is 2. The van der Waals surface area contributed by atoms with Gasteiger partial charge < -0.3 is 24.1 Å². The van der Waals surface area contributed by atoms with E-state index < -0.39 is 24.5 Å². The quantitative estimate of drug-likeness (QED) is 0.443. The zero-order chi connectivity index (χ0) is 23.9. The molecule has 35 heavy (non-hydrogen) atoms. The number of fused-ring (bicyclic) bond motifs is 3. The van der Waals surface area contributed by atoms with Gasteiger partial charge in [-0.3, -0.25) is 4.79 Å². The number of hydrogen-bond acceptors (Lipinski definition) is 7. The maximum atomic E-state index is 12.7. The van der Waals surface area contributed by atoms with Crippen molar-refractivity contribution in [3.05, 3.63) is 84.4 Å². The van der Waals surface area contributed by atoms with E-state index in [9.17, 15) is 14.7 Å². The molecule has 2 fully saturated rings. The van der Waals surface area contributed by atoms with Crippen LogP contribution in [0.15, 0.2) is 78.9 Å². The van der Waals surface area contributed by atoms with Gasteiger partial charge in [0.05, 0.1) is 12.0 Å². The van der Waals surface area contributed by atoms with Gasteiger partial charge in [0.1, 0.15) is 18.3 Å². The van der Waals surface area contributed by atoms with Crippen LogP contribution in [-0.4, -0.2) is 41.6 Å². The number of carbonyl (C=O) groups is 2. The third-order valence-electron chi connectivity index (χ3n) is 6.93. The van der Waals surface area contributed by atoms with E-state index in [0.29, 0.717) is 23.5 Å².